The number of amides is 1. The van der Waals surface area contributed by atoms with Crippen LogP contribution in [-0.4, -0.2) is 47.1 Å². The van der Waals surface area contributed by atoms with Crippen molar-refractivity contribution in [1.82, 2.24) is 5.32 Å². The maximum absolute atomic E-state index is 12.9. The van der Waals surface area contributed by atoms with E-state index < -0.39 is 20.9 Å². The number of benzene rings is 3. The van der Waals surface area contributed by atoms with Crippen LogP contribution in [0.4, 0.5) is 11.4 Å². The predicted octanol–water partition coefficient (Wildman–Crippen LogP) is 3.41. The Bertz CT molecular complexity index is 1310. The molecule has 0 fully saturated rings. The first kappa shape index (κ1) is 25.5. The lowest BCUT2D eigenvalue weighted by Gasteiger charge is -2.19. The lowest BCUT2D eigenvalue weighted by atomic mass is 10.1. The van der Waals surface area contributed by atoms with Gasteiger partial charge in [-0.2, -0.15) is 0 Å². The second kappa shape index (κ2) is 10.9. The fraction of sp³-hybridized carbons (Fsp3) is 0.208. The van der Waals surface area contributed by atoms with E-state index in [-0.39, 0.29) is 34.9 Å². The van der Waals surface area contributed by atoms with Gasteiger partial charge in [-0.1, -0.05) is 18.2 Å². The number of hydrogen-bond donors (Lipinski definition) is 1. The number of ether oxygens (including phenoxy) is 2. The Hall–Kier alpha value is -4.12. The second-order valence-corrected chi connectivity index (χ2v) is 9.40. The molecule has 11 heteroatoms. The third-order valence-corrected chi connectivity index (χ3v) is 7.16. The van der Waals surface area contributed by atoms with Crippen molar-refractivity contribution in [1.29, 1.82) is 0 Å². The number of methoxy groups -OCH3 is 2. The maximum atomic E-state index is 12.9. The van der Waals surface area contributed by atoms with Crippen LogP contribution < -0.4 is 19.1 Å². The van der Waals surface area contributed by atoms with Crippen molar-refractivity contribution in [2.75, 3.05) is 32.1 Å². The van der Waals surface area contributed by atoms with E-state index >= 15 is 0 Å². The van der Waals surface area contributed by atoms with Gasteiger partial charge < -0.3 is 14.8 Å². The Morgan fingerprint density at radius 2 is 1.60 bits per heavy atom. The summed E-state index contributed by atoms with van der Waals surface area (Å²) in [7, 11) is 0.474. The Labute approximate surface area is 203 Å². The third-order valence-electron chi connectivity index (χ3n) is 5.36. The minimum Gasteiger partial charge on any atom is -0.493 e. The van der Waals surface area contributed by atoms with Gasteiger partial charge in [0.15, 0.2) is 11.5 Å². The van der Waals surface area contributed by atoms with Gasteiger partial charge in [-0.25, -0.2) is 8.42 Å². The average Bonchev–Trinajstić information content (AvgIpc) is 2.88. The molecule has 0 aromatic heterocycles. The highest BCUT2D eigenvalue weighted by molar-refractivity contribution is 7.92. The highest BCUT2D eigenvalue weighted by Gasteiger charge is 2.22. The number of carbonyl (C=O) groups excluding carboxylic acids is 1. The molecule has 184 valence electrons. The van der Waals surface area contributed by atoms with Crippen LogP contribution in [0.5, 0.6) is 11.5 Å². The van der Waals surface area contributed by atoms with Gasteiger partial charge in [0.1, 0.15) is 0 Å². The molecule has 0 bridgehead atoms. The van der Waals surface area contributed by atoms with Crippen molar-refractivity contribution in [3.05, 3.63) is 88.0 Å². The van der Waals surface area contributed by atoms with Gasteiger partial charge in [0.25, 0.3) is 21.6 Å². The molecule has 0 aliphatic rings. The zero-order valence-corrected chi connectivity index (χ0v) is 20.2. The molecule has 0 atom stereocenters. The van der Waals surface area contributed by atoms with Gasteiger partial charge in [0.05, 0.1) is 35.8 Å². The van der Waals surface area contributed by atoms with Gasteiger partial charge in [-0.3, -0.25) is 19.2 Å². The molecule has 0 saturated carbocycles. The summed E-state index contributed by atoms with van der Waals surface area (Å²) in [6.07, 6.45) is 0.177. The number of sulfonamides is 1. The highest BCUT2D eigenvalue weighted by atomic mass is 32.2. The summed E-state index contributed by atoms with van der Waals surface area (Å²) >= 11 is 0. The summed E-state index contributed by atoms with van der Waals surface area (Å²) in [5.41, 5.74) is 0.999. The Morgan fingerprint density at radius 3 is 2.17 bits per heavy atom. The van der Waals surface area contributed by atoms with Crippen molar-refractivity contribution in [3.8, 4) is 11.5 Å². The van der Waals surface area contributed by atoms with E-state index in [0.717, 1.165) is 4.31 Å². The number of nitro groups is 1. The number of anilines is 1. The van der Waals surface area contributed by atoms with Crippen LogP contribution in [0.2, 0.25) is 0 Å². The molecule has 1 N–H and O–H groups in total. The molecule has 0 aliphatic heterocycles. The van der Waals surface area contributed by atoms with Crippen molar-refractivity contribution in [2.45, 2.75) is 11.3 Å². The summed E-state index contributed by atoms with van der Waals surface area (Å²) in [5, 5.41) is 14.1. The molecule has 3 rings (SSSR count). The molecular weight excluding hydrogens is 474 g/mol. The topological polar surface area (TPSA) is 128 Å². The number of nitrogens with zero attached hydrogens (tertiary/aromatic N) is 2. The Balaban J connectivity index is 1.68. The van der Waals surface area contributed by atoms with Crippen molar-refractivity contribution >= 4 is 27.3 Å². The lowest BCUT2D eigenvalue weighted by molar-refractivity contribution is -0.385. The highest BCUT2D eigenvalue weighted by Crippen LogP contribution is 2.34. The molecule has 1 amide bonds. The van der Waals surface area contributed by atoms with Crippen LogP contribution in [0.25, 0.3) is 0 Å². The van der Waals surface area contributed by atoms with Gasteiger partial charge in [0.2, 0.25) is 0 Å². The quantitative estimate of drug-likeness (QED) is 0.334. The standard InChI is InChI=1S/C24H25N3O7S/c1-26(19-7-5-4-6-8-19)35(31,32)20-11-9-17(10-12-20)24(28)25-14-13-18-15-22(33-2)23(34-3)16-21(18)27(29)30/h4-12,15-16H,13-14H2,1-3H3,(H,25,28). The van der Waals surface area contributed by atoms with Crippen molar-refractivity contribution in [3.63, 3.8) is 0 Å². The minimum absolute atomic E-state index is 0.0429. The fourth-order valence-electron chi connectivity index (χ4n) is 3.41. The summed E-state index contributed by atoms with van der Waals surface area (Å²) in [4.78, 5) is 23.5. The van der Waals surface area contributed by atoms with E-state index in [0.29, 0.717) is 17.0 Å². The van der Waals surface area contributed by atoms with Gasteiger partial charge in [0, 0.05) is 24.7 Å². The number of carbonyl (C=O) groups is 1. The number of nitro benzene ring substituents is 1. The van der Waals surface area contributed by atoms with Crippen molar-refractivity contribution < 1.29 is 27.6 Å². The summed E-state index contributed by atoms with van der Waals surface area (Å²) in [5.74, 6) is 0.144. The van der Waals surface area contributed by atoms with E-state index in [1.165, 1.54) is 57.7 Å². The summed E-state index contributed by atoms with van der Waals surface area (Å²) in [6, 6.07) is 17.0. The monoisotopic (exact) mass is 499 g/mol. The fourth-order valence-corrected chi connectivity index (χ4v) is 4.60. The van der Waals surface area contributed by atoms with Crippen LogP contribution in [0, 0.1) is 10.1 Å². The second-order valence-electron chi connectivity index (χ2n) is 7.43. The molecule has 0 unspecified atom stereocenters. The van der Waals surface area contributed by atoms with E-state index in [1.807, 2.05) is 0 Å². The molecule has 0 aliphatic carbocycles. The molecule has 0 spiro atoms. The summed E-state index contributed by atoms with van der Waals surface area (Å²) in [6.45, 7) is 0.117. The van der Waals surface area contributed by atoms with E-state index in [2.05, 4.69) is 5.32 Å². The minimum atomic E-state index is -3.80. The maximum Gasteiger partial charge on any atom is 0.276 e. The number of rotatable bonds is 10. The molecule has 0 saturated heterocycles. The molecule has 35 heavy (non-hydrogen) atoms. The van der Waals surface area contributed by atoms with E-state index in [4.69, 9.17) is 9.47 Å². The first-order chi connectivity index (χ1) is 16.7. The zero-order valence-electron chi connectivity index (χ0n) is 19.4. The van der Waals surface area contributed by atoms with Gasteiger partial charge in [-0.05, 0) is 48.9 Å². The molecule has 10 nitrogen and oxygen atoms in total. The number of para-hydroxylation sites is 1. The zero-order chi connectivity index (χ0) is 25.6. The van der Waals surface area contributed by atoms with Crippen LogP contribution in [0.15, 0.2) is 71.6 Å². The lowest BCUT2D eigenvalue weighted by Crippen LogP contribution is -2.27. The van der Waals surface area contributed by atoms with Crippen LogP contribution in [0.3, 0.4) is 0 Å². The van der Waals surface area contributed by atoms with Crippen LogP contribution in [-0.2, 0) is 16.4 Å². The van der Waals surface area contributed by atoms with Gasteiger partial charge >= 0.3 is 0 Å². The predicted molar refractivity (Wildman–Crippen MR) is 131 cm³/mol. The first-order valence-electron chi connectivity index (χ1n) is 10.5. The SMILES string of the molecule is COc1cc(CCNC(=O)c2ccc(S(=O)(=O)N(C)c3ccccc3)cc2)c([N+](=O)[O-])cc1OC. The average molecular weight is 500 g/mol. The molecule has 3 aromatic rings. The molecule has 0 heterocycles. The van der Waals surface area contributed by atoms with E-state index in [1.54, 1.807) is 30.3 Å². The van der Waals surface area contributed by atoms with E-state index in [9.17, 15) is 23.3 Å². The molecule has 0 radical (unpaired) electrons. The summed E-state index contributed by atoms with van der Waals surface area (Å²) < 4.78 is 37.2. The Kier molecular flexibility index (Phi) is 7.92. The molecular formula is C24H25N3O7S. The normalized spacial score (nSPS) is 10.9. The number of nitrogens with one attached hydrogen (secondary N) is 1. The van der Waals surface area contributed by atoms with Gasteiger partial charge in [-0.15, -0.1) is 0 Å². The smallest absolute Gasteiger partial charge is 0.276 e. The first-order valence-corrected chi connectivity index (χ1v) is 11.9. The number of hydrogen-bond acceptors (Lipinski definition) is 7. The van der Waals surface area contributed by atoms with Crippen LogP contribution >= 0.6 is 0 Å². The van der Waals surface area contributed by atoms with Crippen molar-refractivity contribution in [2.24, 2.45) is 0 Å². The Morgan fingerprint density at radius 1 is 1.00 bits per heavy atom. The third kappa shape index (κ3) is 5.69. The molecule has 3 aromatic carbocycles. The largest absolute Gasteiger partial charge is 0.493 e. The van der Waals surface area contributed by atoms with Crippen LogP contribution in [0.1, 0.15) is 15.9 Å².